The Morgan fingerprint density at radius 1 is 1.59 bits per heavy atom. The van der Waals surface area contributed by atoms with Gasteiger partial charge in [0.25, 0.3) is 5.91 Å². The van der Waals surface area contributed by atoms with E-state index in [1.165, 1.54) is 0 Å². The summed E-state index contributed by atoms with van der Waals surface area (Å²) in [4.78, 5) is 16.0. The summed E-state index contributed by atoms with van der Waals surface area (Å²) < 4.78 is 0. The highest BCUT2D eigenvalue weighted by molar-refractivity contribution is 8.14. The van der Waals surface area contributed by atoms with Gasteiger partial charge in [0.2, 0.25) is 0 Å². The summed E-state index contributed by atoms with van der Waals surface area (Å²) in [6.07, 6.45) is 0.316. The van der Waals surface area contributed by atoms with Crippen molar-refractivity contribution in [1.82, 2.24) is 5.32 Å². The van der Waals surface area contributed by atoms with Crippen LogP contribution in [0.1, 0.15) is 15.9 Å². The second-order valence-corrected chi connectivity index (χ2v) is 4.61. The van der Waals surface area contributed by atoms with Gasteiger partial charge in [-0.3, -0.25) is 9.79 Å². The number of amidine groups is 1. The first-order valence-corrected chi connectivity index (χ1v) is 6.22. The Morgan fingerprint density at radius 3 is 3.18 bits per heavy atom. The predicted molar refractivity (Wildman–Crippen MR) is 68.0 cm³/mol. The number of nitriles is 1. The quantitative estimate of drug-likeness (QED) is 0.860. The van der Waals surface area contributed by atoms with E-state index in [1.54, 1.807) is 30.0 Å². The minimum Gasteiger partial charge on any atom is -0.301 e. The molecule has 0 spiro atoms. The van der Waals surface area contributed by atoms with Crippen LogP contribution in [0.5, 0.6) is 0 Å². The molecule has 4 nitrogen and oxygen atoms in total. The fraction of sp³-hybridized carbons (Fsp3) is 0.250. The van der Waals surface area contributed by atoms with Crippen molar-refractivity contribution >= 4 is 22.8 Å². The van der Waals surface area contributed by atoms with Gasteiger partial charge >= 0.3 is 0 Å². The zero-order valence-electron chi connectivity index (χ0n) is 9.14. The van der Waals surface area contributed by atoms with Crippen LogP contribution < -0.4 is 5.32 Å². The van der Waals surface area contributed by atoms with Crippen LogP contribution in [-0.2, 0) is 6.42 Å². The Morgan fingerprint density at radius 2 is 2.47 bits per heavy atom. The van der Waals surface area contributed by atoms with Gasteiger partial charge in [-0.15, -0.1) is 0 Å². The molecule has 17 heavy (non-hydrogen) atoms. The maximum atomic E-state index is 11.9. The van der Waals surface area contributed by atoms with Gasteiger partial charge in [0.05, 0.1) is 19.0 Å². The molecule has 1 N–H and O–H groups in total. The molecule has 0 atom stereocenters. The van der Waals surface area contributed by atoms with Gasteiger partial charge in [-0.25, -0.2) is 0 Å². The zero-order valence-corrected chi connectivity index (χ0v) is 9.96. The SMILES string of the molecule is N#CCc1cccc(C(=O)NC2=NCCS2)c1. The molecule has 0 radical (unpaired) electrons. The summed E-state index contributed by atoms with van der Waals surface area (Å²) in [5, 5.41) is 12.0. The van der Waals surface area contributed by atoms with E-state index in [-0.39, 0.29) is 5.91 Å². The van der Waals surface area contributed by atoms with E-state index >= 15 is 0 Å². The number of carbonyl (C=O) groups excluding carboxylic acids is 1. The van der Waals surface area contributed by atoms with Crippen molar-refractivity contribution in [3.05, 3.63) is 35.4 Å². The van der Waals surface area contributed by atoms with Crippen LogP contribution in [0.15, 0.2) is 29.3 Å². The second kappa shape index (κ2) is 5.51. The molecule has 2 rings (SSSR count). The van der Waals surface area contributed by atoms with Crippen LogP contribution >= 0.6 is 11.8 Å². The number of nitrogens with zero attached hydrogens (tertiary/aromatic N) is 2. The predicted octanol–water partition coefficient (Wildman–Crippen LogP) is 1.59. The molecule has 0 aromatic heterocycles. The van der Waals surface area contributed by atoms with Gasteiger partial charge in [-0.1, -0.05) is 23.9 Å². The lowest BCUT2D eigenvalue weighted by Crippen LogP contribution is -2.27. The lowest BCUT2D eigenvalue weighted by atomic mass is 10.1. The summed E-state index contributed by atoms with van der Waals surface area (Å²) in [6, 6.07) is 9.15. The number of nitrogens with one attached hydrogen (secondary N) is 1. The summed E-state index contributed by atoms with van der Waals surface area (Å²) in [5.41, 5.74) is 1.41. The van der Waals surface area contributed by atoms with Crippen LogP contribution in [0.2, 0.25) is 0 Å². The number of hydrogen-bond acceptors (Lipinski definition) is 4. The molecule has 1 aromatic rings. The third-order valence-electron chi connectivity index (χ3n) is 2.28. The molecule has 0 aliphatic carbocycles. The highest BCUT2D eigenvalue weighted by Crippen LogP contribution is 2.11. The van der Waals surface area contributed by atoms with Crippen molar-refractivity contribution in [3.8, 4) is 6.07 Å². The first-order valence-electron chi connectivity index (χ1n) is 5.24. The fourth-order valence-corrected chi connectivity index (χ4v) is 2.22. The molecule has 1 aromatic carbocycles. The van der Waals surface area contributed by atoms with Crippen molar-refractivity contribution < 1.29 is 4.79 Å². The standard InChI is InChI=1S/C12H11N3OS/c13-5-4-9-2-1-3-10(8-9)11(16)15-12-14-6-7-17-12/h1-3,8H,4,6-7H2,(H,14,15,16). The lowest BCUT2D eigenvalue weighted by molar-refractivity contribution is 0.0978. The Hall–Kier alpha value is -1.80. The maximum Gasteiger partial charge on any atom is 0.257 e. The molecule has 1 aliphatic rings. The summed E-state index contributed by atoms with van der Waals surface area (Å²) >= 11 is 1.55. The van der Waals surface area contributed by atoms with Crippen molar-refractivity contribution in [3.63, 3.8) is 0 Å². The summed E-state index contributed by atoms with van der Waals surface area (Å²) in [5.74, 6) is 0.752. The van der Waals surface area contributed by atoms with Crippen molar-refractivity contribution in [2.75, 3.05) is 12.3 Å². The van der Waals surface area contributed by atoms with E-state index in [9.17, 15) is 4.79 Å². The topological polar surface area (TPSA) is 65.2 Å². The average Bonchev–Trinajstić information content (AvgIpc) is 2.83. The summed E-state index contributed by atoms with van der Waals surface area (Å²) in [7, 11) is 0. The van der Waals surface area contributed by atoms with Crippen molar-refractivity contribution in [1.29, 1.82) is 5.26 Å². The van der Waals surface area contributed by atoms with E-state index in [4.69, 9.17) is 5.26 Å². The molecule has 0 unspecified atom stereocenters. The molecule has 1 aliphatic heterocycles. The van der Waals surface area contributed by atoms with Crippen molar-refractivity contribution in [2.45, 2.75) is 6.42 Å². The highest BCUT2D eigenvalue weighted by Gasteiger charge is 2.12. The highest BCUT2D eigenvalue weighted by atomic mass is 32.2. The molecular weight excluding hydrogens is 234 g/mol. The molecule has 0 saturated carbocycles. The number of hydrogen-bond donors (Lipinski definition) is 1. The van der Waals surface area contributed by atoms with Crippen LogP contribution in [0.25, 0.3) is 0 Å². The minimum atomic E-state index is -0.169. The van der Waals surface area contributed by atoms with E-state index in [2.05, 4.69) is 16.4 Å². The monoisotopic (exact) mass is 245 g/mol. The Labute approximate surface area is 104 Å². The second-order valence-electron chi connectivity index (χ2n) is 3.52. The lowest BCUT2D eigenvalue weighted by Gasteiger charge is -2.04. The number of carbonyl (C=O) groups is 1. The molecule has 0 saturated heterocycles. The third kappa shape index (κ3) is 3.08. The normalized spacial score (nSPS) is 13.9. The van der Waals surface area contributed by atoms with Gasteiger partial charge in [-0.2, -0.15) is 5.26 Å². The van der Waals surface area contributed by atoms with E-state index in [0.29, 0.717) is 17.2 Å². The number of thioether (sulfide) groups is 1. The molecular formula is C12H11N3OS. The van der Waals surface area contributed by atoms with Crippen LogP contribution in [-0.4, -0.2) is 23.4 Å². The van der Waals surface area contributed by atoms with E-state index < -0.39 is 0 Å². The average molecular weight is 245 g/mol. The largest absolute Gasteiger partial charge is 0.301 e. The smallest absolute Gasteiger partial charge is 0.257 e. The van der Waals surface area contributed by atoms with Gasteiger partial charge < -0.3 is 5.32 Å². The van der Waals surface area contributed by atoms with Crippen LogP contribution in [0.4, 0.5) is 0 Å². The first-order chi connectivity index (χ1) is 8.29. The van der Waals surface area contributed by atoms with Gasteiger partial charge in [0.15, 0.2) is 5.17 Å². The number of aliphatic imine (C=N–C) groups is 1. The van der Waals surface area contributed by atoms with Gasteiger partial charge in [0, 0.05) is 11.3 Å². The molecule has 86 valence electrons. The van der Waals surface area contributed by atoms with Crippen LogP contribution in [0.3, 0.4) is 0 Å². The van der Waals surface area contributed by atoms with Crippen LogP contribution in [0, 0.1) is 11.3 Å². The maximum absolute atomic E-state index is 11.9. The number of benzene rings is 1. The van der Waals surface area contributed by atoms with Crippen molar-refractivity contribution in [2.24, 2.45) is 4.99 Å². The molecule has 5 heteroatoms. The molecule has 1 amide bonds. The zero-order chi connectivity index (χ0) is 12.1. The summed E-state index contributed by atoms with van der Waals surface area (Å²) in [6.45, 7) is 0.759. The number of amides is 1. The Kier molecular flexibility index (Phi) is 3.78. The Balaban J connectivity index is 2.08. The Bertz CT molecular complexity index is 505. The number of rotatable bonds is 2. The first kappa shape index (κ1) is 11.7. The third-order valence-corrected chi connectivity index (χ3v) is 3.17. The van der Waals surface area contributed by atoms with E-state index in [0.717, 1.165) is 17.9 Å². The van der Waals surface area contributed by atoms with E-state index in [1.807, 2.05) is 6.07 Å². The molecule has 1 heterocycles. The molecule has 0 bridgehead atoms. The van der Waals surface area contributed by atoms with Gasteiger partial charge in [0.1, 0.15) is 0 Å². The van der Waals surface area contributed by atoms with Gasteiger partial charge in [-0.05, 0) is 17.7 Å². The molecule has 0 fully saturated rings. The fourth-order valence-electron chi connectivity index (χ4n) is 1.49. The minimum absolute atomic E-state index is 0.169.